The summed E-state index contributed by atoms with van der Waals surface area (Å²) in [4.78, 5) is 0. The van der Waals surface area contributed by atoms with Crippen LogP contribution in [0.3, 0.4) is 0 Å². The molecule has 3 heteroatoms. The lowest BCUT2D eigenvalue weighted by molar-refractivity contribution is 0.456. The molecule has 1 aromatic carbocycles. The average molecular weight is 327 g/mol. The molecule has 18 heavy (non-hydrogen) atoms. The van der Waals surface area contributed by atoms with Crippen LogP contribution in [0.2, 0.25) is 5.02 Å². The molecule has 0 heterocycles. The van der Waals surface area contributed by atoms with Crippen LogP contribution in [-0.4, -0.2) is 6.04 Å². The Bertz CT molecular complexity index is 473. The van der Waals surface area contributed by atoms with E-state index in [2.05, 4.69) is 33.4 Å². The average Bonchev–Trinajstić information content (AvgIpc) is 2.76. The third-order valence-corrected chi connectivity index (χ3v) is 6.48. The lowest BCUT2D eigenvalue weighted by atomic mass is 10.0. The summed E-state index contributed by atoms with van der Waals surface area (Å²) in [5.74, 6) is 4.13. The maximum atomic E-state index is 6.01. The van der Waals surface area contributed by atoms with Crippen LogP contribution in [0.5, 0.6) is 0 Å². The molecular weight excluding hydrogens is 310 g/mol. The zero-order valence-corrected chi connectivity index (χ0v) is 12.5. The summed E-state index contributed by atoms with van der Waals surface area (Å²) >= 11 is 9.50. The van der Waals surface area contributed by atoms with Crippen LogP contribution in [-0.2, 0) is 6.54 Å². The molecule has 1 nitrogen and oxygen atoms in total. The van der Waals surface area contributed by atoms with Crippen molar-refractivity contribution in [3.63, 3.8) is 0 Å². The molecule has 3 saturated carbocycles. The maximum absolute atomic E-state index is 6.01. The molecular formula is C15H17BrClN. The Kier molecular flexibility index (Phi) is 2.76. The second-order valence-electron chi connectivity index (χ2n) is 6.14. The van der Waals surface area contributed by atoms with Gasteiger partial charge in [-0.15, -0.1) is 0 Å². The number of hydrogen-bond donors (Lipinski definition) is 1. The number of halogens is 2. The Morgan fingerprint density at radius 2 is 1.94 bits per heavy atom. The highest BCUT2D eigenvalue weighted by Crippen LogP contribution is 2.65. The summed E-state index contributed by atoms with van der Waals surface area (Å²) in [7, 11) is 0. The van der Waals surface area contributed by atoms with Gasteiger partial charge in [0, 0.05) is 17.1 Å². The SMILES string of the molecule is Clc1ccc(CNC2C3C4CCC(C4)C23)cc1Br. The van der Waals surface area contributed by atoms with Crippen LogP contribution >= 0.6 is 27.5 Å². The van der Waals surface area contributed by atoms with E-state index in [1.807, 2.05) is 6.07 Å². The highest BCUT2D eigenvalue weighted by Gasteiger charge is 2.64. The standard InChI is InChI=1S/C15H17BrClN/c16-11-5-8(1-4-12(11)17)7-18-15-13-9-2-3-10(6-9)14(13)15/h1,4-5,9-10,13-15,18H,2-3,6-7H2. The number of rotatable bonds is 3. The van der Waals surface area contributed by atoms with Crippen molar-refractivity contribution in [2.45, 2.75) is 31.8 Å². The van der Waals surface area contributed by atoms with Gasteiger partial charge < -0.3 is 5.32 Å². The van der Waals surface area contributed by atoms with Crippen LogP contribution in [0.1, 0.15) is 24.8 Å². The fourth-order valence-electron chi connectivity index (χ4n) is 4.48. The summed E-state index contributed by atoms with van der Waals surface area (Å²) in [5, 5.41) is 4.55. The first kappa shape index (κ1) is 11.7. The second-order valence-corrected chi connectivity index (χ2v) is 7.40. The quantitative estimate of drug-likeness (QED) is 0.876. The van der Waals surface area contributed by atoms with Gasteiger partial charge in [0.05, 0.1) is 5.02 Å². The largest absolute Gasteiger partial charge is 0.309 e. The normalized spacial score (nSPS) is 40.0. The second kappa shape index (κ2) is 4.22. The molecule has 0 amide bonds. The zero-order chi connectivity index (χ0) is 12.3. The Labute approximate surface area is 121 Å². The Balaban J connectivity index is 1.39. The molecule has 1 N–H and O–H groups in total. The van der Waals surface area contributed by atoms with Crippen LogP contribution < -0.4 is 5.32 Å². The minimum atomic E-state index is 0.792. The predicted molar refractivity (Wildman–Crippen MR) is 77.6 cm³/mol. The molecule has 0 radical (unpaired) electrons. The van der Waals surface area contributed by atoms with Gasteiger partial charge >= 0.3 is 0 Å². The highest BCUT2D eigenvalue weighted by molar-refractivity contribution is 9.10. The van der Waals surface area contributed by atoms with E-state index in [0.29, 0.717) is 0 Å². The van der Waals surface area contributed by atoms with Crippen LogP contribution in [0.4, 0.5) is 0 Å². The molecule has 0 aromatic heterocycles. The van der Waals surface area contributed by atoms with Gasteiger partial charge in [-0.25, -0.2) is 0 Å². The van der Waals surface area contributed by atoms with Gasteiger partial charge in [-0.1, -0.05) is 17.7 Å². The van der Waals surface area contributed by atoms with Crippen molar-refractivity contribution < 1.29 is 0 Å². The van der Waals surface area contributed by atoms with E-state index in [9.17, 15) is 0 Å². The van der Waals surface area contributed by atoms with Crippen molar-refractivity contribution in [2.75, 3.05) is 0 Å². The fourth-order valence-corrected chi connectivity index (χ4v) is 5.03. The monoisotopic (exact) mass is 325 g/mol. The van der Waals surface area contributed by atoms with Gasteiger partial charge in [0.15, 0.2) is 0 Å². The molecule has 4 rings (SSSR count). The van der Waals surface area contributed by atoms with Crippen molar-refractivity contribution in [3.05, 3.63) is 33.3 Å². The molecule has 0 spiro atoms. The maximum Gasteiger partial charge on any atom is 0.0548 e. The first-order chi connectivity index (χ1) is 8.74. The Hall–Kier alpha value is -0.0500. The van der Waals surface area contributed by atoms with Crippen molar-refractivity contribution in [1.82, 2.24) is 5.32 Å². The van der Waals surface area contributed by atoms with Crippen LogP contribution in [0.25, 0.3) is 0 Å². The molecule has 3 fully saturated rings. The summed E-state index contributed by atoms with van der Waals surface area (Å²) in [6, 6.07) is 7.03. The third kappa shape index (κ3) is 1.76. The third-order valence-electron chi connectivity index (χ3n) is 5.26. The van der Waals surface area contributed by atoms with Crippen LogP contribution in [0.15, 0.2) is 22.7 Å². The molecule has 3 aliphatic rings. The van der Waals surface area contributed by atoms with Crippen molar-refractivity contribution in [3.8, 4) is 0 Å². The lowest BCUT2D eigenvalue weighted by Crippen LogP contribution is -2.22. The van der Waals surface area contributed by atoms with E-state index >= 15 is 0 Å². The van der Waals surface area contributed by atoms with E-state index < -0.39 is 0 Å². The molecule has 2 bridgehead atoms. The molecule has 1 aromatic rings. The molecule has 96 valence electrons. The number of benzene rings is 1. The molecule has 4 atom stereocenters. The number of fused-ring (bicyclic) bond motifs is 5. The number of hydrogen-bond acceptors (Lipinski definition) is 1. The van der Waals surface area contributed by atoms with Crippen molar-refractivity contribution in [1.29, 1.82) is 0 Å². The smallest absolute Gasteiger partial charge is 0.0548 e. The van der Waals surface area contributed by atoms with Crippen molar-refractivity contribution in [2.24, 2.45) is 23.7 Å². The molecule has 0 saturated heterocycles. The van der Waals surface area contributed by atoms with Crippen molar-refractivity contribution >= 4 is 27.5 Å². The van der Waals surface area contributed by atoms with E-state index in [-0.39, 0.29) is 0 Å². The van der Waals surface area contributed by atoms with Crippen LogP contribution in [0, 0.1) is 23.7 Å². The van der Waals surface area contributed by atoms with E-state index in [4.69, 9.17) is 11.6 Å². The molecule has 4 unspecified atom stereocenters. The molecule has 3 aliphatic carbocycles. The first-order valence-electron chi connectivity index (χ1n) is 6.91. The van der Waals surface area contributed by atoms with Gasteiger partial charge in [0.1, 0.15) is 0 Å². The first-order valence-corrected chi connectivity index (χ1v) is 8.08. The van der Waals surface area contributed by atoms with Gasteiger partial charge in [-0.05, 0) is 76.6 Å². The topological polar surface area (TPSA) is 12.0 Å². The van der Waals surface area contributed by atoms with Gasteiger partial charge in [0.25, 0.3) is 0 Å². The minimum Gasteiger partial charge on any atom is -0.309 e. The lowest BCUT2D eigenvalue weighted by Gasteiger charge is -2.11. The van der Waals surface area contributed by atoms with Gasteiger partial charge in [0.2, 0.25) is 0 Å². The van der Waals surface area contributed by atoms with Gasteiger partial charge in [-0.2, -0.15) is 0 Å². The highest BCUT2D eigenvalue weighted by atomic mass is 79.9. The van der Waals surface area contributed by atoms with E-state index in [1.54, 1.807) is 0 Å². The van der Waals surface area contributed by atoms with Gasteiger partial charge in [-0.3, -0.25) is 0 Å². The summed E-state index contributed by atoms with van der Waals surface area (Å²) in [6.07, 6.45) is 4.52. The number of nitrogens with one attached hydrogen (secondary N) is 1. The van der Waals surface area contributed by atoms with E-state index in [1.165, 1.54) is 24.8 Å². The summed E-state index contributed by atoms with van der Waals surface area (Å²) in [6.45, 7) is 0.979. The zero-order valence-electron chi connectivity index (χ0n) is 10.2. The van der Waals surface area contributed by atoms with E-state index in [0.717, 1.165) is 45.8 Å². The minimum absolute atomic E-state index is 0.792. The summed E-state index contributed by atoms with van der Waals surface area (Å²) < 4.78 is 1.000. The molecule has 0 aliphatic heterocycles. The Morgan fingerprint density at radius 3 is 2.61 bits per heavy atom. The predicted octanol–water partition coefficient (Wildman–Crippen LogP) is 4.24. The summed E-state index contributed by atoms with van der Waals surface area (Å²) in [5.41, 5.74) is 1.32. The Morgan fingerprint density at radius 1 is 1.22 bits per heavy atom. The fraction of sp³-hybridized carbons (Fsp3) is 0.600.